The molecule has 6 heteroatoms. The van der Waals surface area contributed by atoms with Crippen LogP contribution in [0.5, 0.6) is 11.5 Å². The van der Waals surface area contributed by atoms with Gasteiger partial charge in [-0.25, -0.2) is 0 Å². The van der Waals surface area contributed by atoms with Gasteiger partial charge >= 0.3 is 5.97 Å². The van der Waals surface area contributed by atoms with E-state index in [9.17, 15) is 4.79 Å². The van der Waals surface area contributed by atoms with Crippen molar-refractivity contribution in [3.05, 3.63) is 59.7 Å². The van der Waals surface area contributed by atoms with Gasteiger partial charge in [-0.15, -0.1) is 11.8 Å². The average Bonchev–Trinajstić information content (AvgIpc) is 3.16. The number of carboxylic acids is 1. The Balaban J connectivity index is 1.47. The van der Waals surface area contributed by atoms with Crippen molar-refractivity contribution < 1.29 is 19.4 Å². The van der Waals surface area contributed by atoms with Crippen LogP contribution in [0.3, 0.4) is 0 Å². The van der Waals surface area contributed by atoms with Gasteiger partial charge in [0.15, 0.2) is 0 Å². The highest BCUT2D eigenvalue weighted by Crippen LogP contribution is 2.34. The molecule has 2 N–H and O–H groups in total. The van der Waals surface area contributed by atoms with Crippen LogP contribution in [0.2, 0.25) is 0 Å². The molecule has 0 aromatic heterocycles. The molecule has 2 aromatic carbocycles. The fraction of sp³-hybridized carbons (Fsp3) is 0.381. The van der Waals surface area contributed by atoms with E-state index in [4.69, 9.17) is 14.6 Å². The zero-order chi connectivity index (χ0) is 19.2. The van der Waals surface area contributed by atoms with Crippen LogP contribution in [0.1, 0.15) is 36.3 Å². The summed E-state index contributed by atoms with van der Waals surface area (Å²) in [6.07, 6.45) is 0. The van der Waals surface area contributed by atoms with Crippen LogP contribution in [0.15, 0.2) is 48.5 Å². The first kappa shape index (κ1) is 19.6. The molecular formula is C21H25NO4S. The molecule has 2 aromatic rings. The standard InChI is InChI=1S/C21H25NO4S/c1-14(2)15-6-8-17(9-7-15)25-10-11-26-18-5-3-4-16(12-18)20-22-19(13-27-20)21(23)24/h3-9,12,14,19-20,22H,10-11,13H2,1-2H3,(H,23,24). The molecule has 0 amide bonds. The Bertz CT molecular complexity index is 763. The average molecular weight is 388 g/mol. The first-order valence-electron chi connectivity index (χ1n) is 9.09. The number of aliphatic carboxylic acids is 1. The number of carbonyl (C=O) groups is 1. The highest BCUT2D eigenvalue weighted by Gasteiger charge is 2.30. The minimum atomic E-state index is -0.809. The molecule has 0 saturated carbocycles. The smallest absolute Gasteiger partial charge is 0.321 e. The second kappa shape index (κ2) is 9.15. The molecule has 2 unspecified atom stereocenters. The number of hydrogen-bond donors (Lipinski definition) is 2. The van der Waals surface area contributed by atoms with Crippen molar-refractivity contribution in [1.82, 2.24) is 5.32 Å². The first-order chi connectivity index (χ1) is 13.0. The van der Waals surface area contributed by atoms with Gasteiger partial charge in [-0.3, -0.25) is 10.1 Å². The summed E-state index contributed by atoms with van der Waals surface area (Å²) in [5.74, 6) is 1.86. The van der Waals surface area contributed by atoms with E-state index in [1.807, 2.05) is 36.4 Å². The van der Waals surface area contributed by atoms with Crippen LogP contribution >= 0.6 is 11.8 Å². The number of rotatable bonds is 8. The van der Waals surface area contributed by atoms with E-state index in [1.54, 1.807) is 11.8 Å². The third-order valence-corrected chi connectivity index (χ3v) is 5.68. The highest BCUT2D eigenvalue weighted by atomic mass is 32.2. The predicted molar refractivity (Wildman–Crippen MR) is 108 cm³/mol. The third-order valence-electron chi connectivity index (χ3n) is 4.41. The molecule has 1 heterocycles. The molecule has 1 fully saturated rings. The Labute approximate surface area is 164 Å². The summed E-state index contributed by atoms with van der Waals surface area (Å²) in [6, 6.07) is 15.4. The van der Waals surface area contributed by atoms with E-state index < -0.39 is 12.0 Å². The van der Waals surface area contributed by atoms with Crippen LogP contribution in [-0.4, -0.2) is 36.1 Å². The summed E-state index contributed by atoms with van der Waals surface area (Å²) in [4.78, 5) is 11.1. The van der Waals surface area contributed by atoms with E-state index in [1.165, 1.54) is 5.56 Å². The molecule has 0 radical (unpaired) electrons. The van der Waals surface area contributed by atoms with Crippen LogP contribution < -0.4 is 14.8 Å². The van der Waals surface area contributed by atoms with E-state index in [0.717, 1.165) is 17.1 Å². The zero-order valence-electron chi connectivity index (χ0n) is 15.6. The van der Waals surface area contributed by atoms with Crippen molar-refractivity contribution in [3.63, 3.8) is 0 Å². The topological polar surface area (TPSA) is 67.8 Å². The maximum Gasteiger partial charge on any atom is 0.321 e. The Morgan fingerprint density at radius 2 is 1.85 bits per heavy atom. The van der Waals surface area contributed by atoms with E-state index in [2.05, 4.69) is 31.3 Å². The van der Waals surface area contributed by atoms with E-state index in [-0.39, 0.29) is 5.37 Å². The number of thioether (sulfide) groups is 1. The first-order valence-corrected chi connectivity index (χ1v) is 10.1. The van der Waals surface area contributed by atoms with Gasteiger partial charge in [0.1, 0.15) is 30.8 Å². The van der Waals surface area contributed by atoms with Crippen molar-refractivity contribution in [1.29, 1.82) is 0 Å². The monoisotopic (exact) mass is 387 g/mol. The number of benzene rings is 2. The second-order valence-electron chi connectivity index (χ2n) is 6.76. The van der Waals surface area contributed by atoms with Crippen LogP contribution in [0.25, 0.3) is 0 Å². The minimum Gasteiger partial charge on any atom is -0.490 e. The van der Waals surface area contributed by atoms with Gasteiger partial charge in [-0.1, -0.05) is 38.1 Å². The molecule has 0 aliphatic carbocycles. The molecule has 0 spiro atoms. The molecular weight excluding hydrogens is 362 g/mol. The summed E-state index contributed by atoms with van der Waals surface area (Å²) < 4.78 is 11.5. The van der Waals surface area contributed by atoms with Gasteiger partial charge in [0.2, 0.25) is 0 Å². The number of hydrogen-bond acceptors (Lipinski definition) is 5. The van der Waals surface area contributed by atoms with Crippen molar-refractivity contribution in [2.24, 2.45) is 0 Å². The van der Waals surface area contributed by atoms with Crippen LogP contribution in [0.4, 0.5) is 0 Å². The van der Waals surface area contributed by atoms with Crippen molar-refractivity contribution in [2.75, 3.05) is 19.0 Å². The lowest BCUT2D eigenvalue weighted by atomic mass is 10.0. The fourth-order valence-electron chi connectivity index (χ4n) is 2.84. The maximum absolute atomic E-state index is 11.1. The quantitative estimate of drug-likeness (QED) is 0.666. The van der Waals surface area contributed by atoms with Crippen molar-refractivity contribution in [3.8, 4) is 11.5 Å². The highest BCUT2D eigenvalue weighted by molar-refractivity contribution is 7.99. The molecule has 27 heavy (non-hydrogen) atoms. The summed E-state index contributed by atoms with van der Waals surface area (Å²) in [6.45, 7) is 5.24. The molecule has 1 aliphatic rings. The van der Waals surface area contributed by atoms with Gasteiger partial charge < -0.3 is 14.6 Å². The van der Waals surface area contributed by atoms with Gasteiger partial charge in [-0.2, -0.15) is 0 Å². The number of nitrogens with one attached hydrogen (secondary N) is 1. The third kappa shape index (κ3) is 5.40. The van der Waals surface area contributed by atoms with Gasteiger partial charge in [0.05, 0.1) is 5.37 Å². The second-order valence-corrected chi connectivity index (χ2v) is 7.90. The lowest BCUT2D eigenvalue weighted by Gasteiger charge is -2.14. The van der Waals surface area contributed by atoms with Gasteiger partial charge in [0.25, 0.3) is 0 Å². The van der Waals surface area contributed by atoms with Gasteiger partial charge in [0, 0.05) is 5.75 Å². The summed E-state index contributed by atoms with van der Waals surface area (Å²) in [5, 5.41) is 12.2. The fourth-order valence-corrected chi connectivity index (χ4v) is 4.07. The molecule has 1 saturated heterocycles. The molecule has 5 nitrogen and oxygen atoms in total. The normalized spacial score (nSPS) is 19.2. The summed E-state index contributed by atoms with van der Waals surface area (Å²) in [5.41, 5.74) is 2.31. The molecule has 2 atom stereocenters. The number of carboxylic acid groups (broad SMARTS) is 1. The molecule has 0 bridgehead atoms. The summed E-state index contributed by atoms with van der Waals surface area (Å²) in [7, 11) is 0. The molecule has 1 aliphatic heterocycles. The Kier molecular flexibility index (Phi) is 6.63. The van der Waals surface area contributed by atoms with Crippen LogP contribution in [-0.2, 0) is 4.79 Å². The SMILES string of the molecule is CC(C)c1ccc(OCCOc2cccc(C3NC(C(=O)O)CS3)c2)cc1. The van der Waals surface area contributed by atoms with E-state index in [0.29, 0.717) is 24.9 Å². The lowest BCUT2D eigenvalue weighted by Crippen LogP contribution is -2.33. The maximum atomic E-state index is 11.1. The van der Waals surface area contributed by atoms with Crippen molar-refractivity contribution >= 4 is 17.7 Å². The predicted octanol–water partition coefficient (Wildman–Crippen LogP) is 4.06. The molecule has 3 rings (SSSR count). The molecule has 144 valence electrons. The van der Waals surface area contributed by atoms with Crippen molar-refractivity contribution in [2.45, 2.75) is 31.2 Å². The Morgan fingerprint density at radius 1 is 1.15 bits per heavy atom. The lowest BCUT2D eigenvalue weighted by molar-refractivity contribution is -0.138. The summed E-state index contributed by atoms with van der Waals surface area (Å²) >= 11 is 1.60. The Morgan fingerprint density at radius 3 is 2.48 bits per heavy atom. The zero-order valence-corrected chi connectivity index (χ0v) is 16.4. The minimum absolute atomic E-state index is 0.0228. The largest absolute Gasteiger partial charge is 0.490 e. The van der Waals surface area contributed by atoms with E-state index >= 15 is 0 Å². The van der Waals surface area contributed by atoms with Gasteiger partial charge in [-0.05, 0) is 41.3 Å². The van der Waals surface area contributed by atoms with Crippen LogP contribution in [0, 0.1) is 0 Å². The Hall–Kier alpha value is -2.18. The number of ether oxygens (including phenoxy) is 2.